The highest BCUT2D eigenvalue weighted by molar-refractivity contribution is 5.34. The van der Waals surface area contributed by atoms with E-state index >= 15 is 0 Å². The number of aliphatic hydroxyl groups is 1. The summed E-state index contributed by atoms with van der Waals surface area (Å²) in [6.07, 6.45) is 20.5. The molecular weight excluding hydrogens is 320 g/mol. The van der Waals surface area contributed by atoms with Gasteiger partial charge < -0.3 is 9.84 Å². The van der Waals surface area contributed by atoms with Gasteiger partial charge in [-0.3, -0.25) is 0 Å². The Hall–Kier alpha value is -1.20. The van der Waals surface area contributed by atoms with E-state index in [1.165, 1.54) is 32.1 Å². The average Bonchev–Trinajstić information content (AvgIpc) is 2.99. The molecule has 0 saturated heterocycles. The van der Waals surface area contributed by atoms with Gasteiger partial charge in [0.15, 0.2) is 0 Å². The third kappa shape index (κ3) is 2.50. The normalized spacial score (nSPS) is 41.6. The summed E-state index contributed by atoms with van der Waals surface area (Å²) in [6.45, 7) is 2.25. The Kier molecular flexibility index (Phi) is 4.72. The van der Waals surface area contributed by atoms with Gasteiger partial charge in [-0.25, -0.2) is 0 Å². The van der Waals surface area contributed by atoms with E-state index in [1.54, 1.807) is 18.3 Å². The lowest BCUT2D eigenvalue weighted by Gasteiger charge is -2.54. The summed E-state index contributed by atoms with van der Waals surface area (Å²) in [6, 6.07) is 0. The van der Waals surface area contributed by atoms with E-state index in [0.717, 1.165) is 50.2 Å². The molecule has 0 heterocycles. The summed E-state index contributed by atoms with van der Waals surface area (Å²) in [5, 5.41) is 11.4. The van der Waals surface area contributed by atoms with Gasteiger partial charge in [-0.15, -0.1) is 6.42 Å². The number of rotatable bonds is 4. The number of hydrogen-bond donors (Lipinski definition) is 1. The van der Waals surface area contributed by atoms with Crippen LogP contribution in [0.4, 0.5) is 0 Å². The standard InChI is InChI=1S/C24H34O2/c1-4-6-13-23-14-11-20-19-10-8-18(26-3)16-17(19)7-9-21(20)22(23)12-15-24(23,25)5-2/h2,8,20-22,25H,4,6-7,9-16H2,1,3H3/t20-,21-,22+,23+,24+/m1/s1. The van der Waals surface area contributed by atoms with Crippen LogP contribution < -0.4 is 0 Å². The van der Waals surface area contributed by atoms with Crippen molar-refractivity contribution in [1.29, 1.82) is 0 Å². The highest BCUT2D eigenvalue weighted by atomic mass is 16.5. The Balaban J connectivity index is 1.63. The van der Waals surface area contributed by atoms with Crippen molar-refractivity contribution in [1.82, 2.24) is 0 Å². The highest BCUT2D eigenvalue weighted by Gasteiger charge is 2.63. The van der Waals surface area contributed by atoms with E-state index in [9.17, 15) is 5.11 Å². The molecule has 0 radical (unpaired) electrons. The van der Waals surface area contributed by atoms with E-state index in [1.807, 2.05) is 0 Å². The number of ether oxygens (including phenoxy) is 1. The zero-order valence-corrected chi connectivity index (χ0v) is 16.5. The number of methoxy groups -OCH3 is 1. The molecule has 5 atom stereocenters. The van der Waals surface area contributed by atoms with Gasteiger partial charge in [-0.2, -0.15) is 0 Å². The molecule has 4 aliphatic carbocycles. The van der Waals surface area contributed by atoms with Crippen molar-refractivity contribution in [3.8, 4) is 12.3 Å². The second kappa shape index (κ2) is 6.75. The molecule has 4 rings (SSSR count). The van der Waals surface area contributed by atoms with Gasteiger partial charge in [0.1, 0.15) is 5.60 Å². The first-order valence-electron chi connectivity index (χ1n) is 10.7. The number of unbranched alkanes of at least 4 members (excludes halogenated alkanes) is 1. The number of terminal acetylenes is 1. The molecular formula is C24H34O2. The molecule has 0 aliphatic heterocycles. The Labute approximate surface area is 159 Å². The molecule has 142 valence electrons. The molecule has 2 nitrogen and oxygen atoms in total. The molecule has 0 unspecified atom stereocenters. The van der Waals surface area contributed by atoms with Gasteiger partial charge >= 0.3 is 0 Å². The van der Waals surface area contributed by atoms with Gasteiger partial charge in [-0.1, -0.05) is 36.8 Å². The topological polar surface area (TPSA) is 29.5 Å². The summed E-state index contributed by atoms with van der Waals surface area (Å²) in [7, 11) is 1.80. The number of fused-ring (bicyclic) bond motifs is 4. The minimum absolute atomic E-state index is 0.0286. The van der Waals surface area contributed by atoms with Gasteiger partial charge in [0.25, 0.3) is 0 Å². The fraction of sp³-hybridized carbons (Fsp3) is 0.750. The molecule has 4 aliphatic rings. The summed E-state index contributed by atoms with van der Waals surface area (Å²) in [4.78, 5) is 0. The van der Waals surface area contributed by atoms with E-state index < -0.39 is 5.60 Å². The molecule has 0 aromatic rings. The quantitative estimate of drug-likeness (QED) is 0.543. The minimum Gasteiger partial charge on any atom is -0.501 e. The predicted octanol–water partition coefficient (Wildman–Crippen LogP) is 5.38. The monoisotopic (exact) mass is 354 g/mol. The summed E-state index contributed by atoms with van der Waals surface area (Å²) in [5.74, 6) is 6.07. The SMILES string of the molecule is C#C[C@]1(O)CC[C@H]2[C@@H]3CCC4=C(CC=C(OC)C4)[C@H]3CC[C@@]21CCCC. The van der Waals surface area contributed by atoms with Crippen LogP contribution in [0.1, 0.15) is 77.6 Å². The van der Waals surface area contributed by atoms with Gasteiger partial charge in [0.05, 0.1) is 12.9 Å². The van der Waals surface area contributed by atoms with Crippen LogP contribution in [0.15, 0.2) is 23.0 Å². The molecule has 0 amide bonds. The van der Waals surface area contributed by atoms with E-state index in [4.69, 9.17) is 11.2 Å². The van der Waals surface area contributed by atoms with Crippen molar-refractivity contribution in [2.45, 2.75) is 83.2 Å². The predicted molar refractivity (Wildman–Crippen MR) is 105 cm³/mol. The molecule has 0 aromatic carbocycles. The lowest BCUT2D eigenvalue weighted by atomic mass is 9.51. The fourth-order valence-electron chi connectivity index (χ4n) is 7.10. The van der Waals surface area contributed by atoms with Crippen LogP contribution >= 0.6 is 0 Å². The molecule has 26 heavy (non-hydrogen) atoms. The maximum atomic E-state index is 11.4. The van der Waals surface area contributed by atoms with Crippen molar-refractivity contribution < 1.29 is 9.84 Å². The lowest BCUT2D eigenvalue weighted by Crippen LogP contribution is -2.52. The molecule has 2 heteroatoms. The number of allylic oxidation sites excluding steroid dienone is 3. The molecule has 2 fully saturated rings. The second-order valence-corrected chi connectivity index (χ2v) is 9.14. The largest absolute Gasteiger partial charge is 0.501 e. The third-order valence-corrected chi connectivity index (χ3v) is 8.38. The average molecular weight is 355 g/mol. The second-order valence-electron chi connectivity index (χ2n) is 9.14. The highest BCUT2D eigenvalue weighted by Crippen LogP contribution is 2.66. The zero-order chi connectivity index (χ0) is 18.4. The lowest BCUT2D eigenvalue weighted by molar-refractivity contribution is -0.0894. The van der Waals surface area contributed by atoms with Crippen molar-refractivity contribution in [2.75, 3.05) is 7.11 Å². The van der Waals surface area contributed by atoms with Crippen LogP contribution in [0.2, 0.25) is 0 Å². The summed E-state index contributed by atoms with van der Waals surface area (Å²) < 4.78 is 5.52. The van der Waals surface area contributed by atoms with Crippen LogP contribution in [0.25, 0.3) is 0 Å². The first kappa shape index (κ1) is 18.2. The van der Waals surface area contributed by atoms with Crippen molar-refractivity contribution in [2.24, 2.45) is 23.2 Å². The maximum absolute atomic E-state index is 11.4. The van der Waals surface area contributed by atoms with Crippen LogP contribution in [0, 0.1) is 35.5 Å². The minimum atomic E-state index is -0.873. The smallest absolute Gasteiger partial charge is 0.131 e. The third-order valence-electron chi connectivity index (χ3n) is 8.38. The van der Waals surface area contributed by atoms with Crippen LogP contribution in [-0.2, 0) is 4.74 Å². The van der Waals surface area contributed by atoms with Crippen LogP contribution in [0.3, 0.4) is 0 Å². The summed E-state index contributed by atoms with van der Waals surface area (Å²) in [5.41, 5.74) is 2.46. The van der Waals surface area contributed by atoms with Crippen molar-refractivity contribution in [3.63, 3.8) is 0 Å². The van der Waals surface area contributed by atoms with Gasteiger partial charge in [-0.05, 0) is 75.2 Å². The Morgan fingerprint density at radius 1 is 1.31 bits per heavy atom. The first-order chi connectivity index (χ1) is 12.6. The zero-order valence-electron chi connectivity index (χ0n) is 16.5. The Morgan fingerprint density at radius 3 is 2.88 bits per heavy atom. The maximum Gasteiger partial charge on any atom is 0.131 e. The molecule has 0 spiro atoms. The van der Waals surface area contributed by atoms with E-state index in [0.29, 0.717) is 11.8 Å². The van der Waals surface area contributed by atoms with Crippen molar-refractivity contribution >= 4 is 0 Å². The van der Waals surface area contributed by atoms with Crippen LogP contribution in [-0.4, -0.2) is 17.8 Å². The molecule has 0 bridgehead atoms. The molecule has 1 N–H and O–H groups in total. The van der Waals surface area contributed by atoms with E-state index in [-0.39, 0.29) is 5.41 Å². The van der Waals surface area contributed by atoms with Crippen molar-refractivity contribution in [3.05, 3.63) is 23.0 Å². The van der Waals surface area contributed by atoms with E-state index in [2.05, 4.69) is 18.9 Å². The summed E-state index contributed by atoms with van der Waals surface area (Å²) >= 11 is 0. The first-order valence-corrected chi connectivity index (χ1v) is 10.7. The number of hydrogen-bond acceptors (Lipinski definition) is 2. The van der Waals surface area contributed by atoms with Gasteiger partial charge in [0.2, 0.25) is 0 Å². The Morgan fingerprint density at radius 2 is 2.15 bits per heavy atom. The molecule has 0 aromatic heterocycles. The van der Waals surface area contributed by atoms with Crippen LogP contribution in [0.5, 0.6) is 0 Å². The molecule has 2 saturated carbocycles. The Bertz CT molecular complexity index is 666. The van der Waals surface area contributed by atoms with Gasteiger partial charge in [0, 0.05) is 11.8 Å². The fourth-order valence-corrected chi connectivity index (χ4v) is 7.10.